The van der Waals surface area contributed by atoms with E-state index in [0.717, 1.165) is 5.56 Å². The van der Waals surface area contributed by atoms with Gasteiger partial charge >= 0.3 is 0 Å². The maximum absolute atomic E-state index is 11.8. The Balaban J connectivity index is 1.89. The first-order valence-electron chi connectivity index (χ1n) is 6.35. The van der Waals surface area contributed by atoms with Gasteiger partial charge in [-0.05, 0) is 42.6 Å². The van der Waals surface area contributed by atoms with Crippen LogP contribution in [0.2, 0.25) is 5.22 Å². The fourth-order valence-electron chi connectivity index (χ4n) is 1.94. The zero-order valence-corrected chi connectivity index (χ0v) is 11.8. The van der Waals surface area contributed by atoms with Gasteiger partial charge in [-0.3, -0.25) is 4.79 Å². The summed E-state index contributed by atoms with van der Waals surface area (Å²) < 4.78 is 5.03. The fourth-order valence-corrected chi connectivity index (χ4v) is 2.08. The number of hydrogen-bond donors (Lipinski definition) is 2. The van der Waals surface area contributed by atoms with Crippen LogP contribution in [0.25, 0.3) is 0 Å². The smallest absolute Gasteiger partial charge is 0.287 e. The van der Waals surface area contributed by atoms with Gasteiger partial charge in [0.05, 0.1) is 6.10 Å². The van der Waals surface area contributed by atoms with Crippen LogP contribution in [0, 0.1) is 0 Å². The molecule has 1 aromatic carbocycles. The molecule has 0 aliphatic rings. The highest BCUT2D eigenvalue weighted by Crippen LogP contribution is 2.18. The number of carbonyl (C=O) groups is 1. The first kappa shape index (κ1) is 14.6. The van der Waals surface area contributed by atoms with E-state index in [4.69, 9.17) is 16.0 Å². The van der Waals surface area contributed by atoms with Crippen molar-refractivity contribution in [1.29, 1.82) is 0 Å². The lowest BCUT2D eigenvalue weighted by Crippen LogP contribution is -2.33. The molecule has 2 aromatic rings. The van der Waals surface area contributed by atoms with Crippen LogP contribution in [0.4, 0.5) is 0 Å². The zero-order chi connectivity index (χ0) is 14.5. The first-order chi connectivity index (χ1) is 9.56. The molecule has 2 unspecified atom stereocenters. The zero-order valence-electron chi connectivity index (χ0n) is 11.0. The van der Waals surface area contributed by atoms with Crippen molar-refractivity contribution in [2.75, 3.05) is 0 Å². The third-order valence-electron chi connectivity index (χ3n) is 2.94. The number of nitrogens with one attached hydrogen (secondary N) is 1. The molecule has 0 radical (unpaired) electrons. The van der Waals surface area contributed by atoms with E-state index in [1.54, 1.807) is 0 Å². The van der Waals surface area contributed by atoms with Crippen molar-refractivity contribution in [3.8, 4) is 0 Å². The van der Waals surface area contributed by atoms with Gasteiger partial charge in [0.15, 0.2) is 11.0 Å². The lowest BCUT2D eigenvalue weighted by atomic mass is 10.0. The molecule has 2 N–H and O–H groups in total. The van der Waals surface area contributed by atoms with E-state index in [-0.39, 0.29) is 22.9 Å². The molecule has 5 heteroatoms. The summed E-state index contributed by atoms with van der Waals surface area (Å²) in [5, 5.41) is 13.0. The molecular weight excluding hydrogens is 278 g/mol. The molecule has 106 valence electrons. The van der Waals surface area contributed by atoms with Crippen LogP contribution < -0.4 is 5.32 Å². The van der Waals surface area contributed by atoms with Gasteiger partial charge < -0.3 is 14.8 Å². The van der Waals surface area contributed by atoms with Gasteiger partial charge in [-0.15, -0.1) is 0 Å². The summed E-state index contributed by atoms with van der Waals surface area (Å²) in [5.74, 6) is -0.180. The van der Waals surface area contributed by atoms with Crippen LogP contribution in [0.15, 0.2) is 46.9 Å². The number of aliphatic hydroxyl groups excluding tert-OH is 1. The predicted molar refractivity (Wildman–Crippen MR) is 76.7 cm³/mol. The number of benzene rings is 1. The Morgan fingerprint density at radius 1 is 1.30 bits per heavy atom. The van der Waals surface area contributed by atoms with Gasteiger partial charge in [0, 0.05) is 6.04 Å². The van der Waals surface area contributed by atoms with E-state index < -0.39 is 6.10 Å². The maximum atomic E-state index is 11.8. The number of aliphatic hydroxyl groups is 1. The summed E-state index contributed by atoms with van der Waals surface area (Å²) in [6, 6.07) is 12.2. The summed E-state index contributed by atoms with van der Waals surface area (Å²) in [6.07, 6.45) is -0.198. The summed E-state index contributed by atoms with van der Waals surface area (Å²) in [5.41, 5.74) is 0.828. The number of amides is 1. The van der Waals surface area contributed by atoms with Crippen LogP contribution in [-0.2, 0) is 0 Å². The number of carbonyl (C=O) groups excluding carboxylic acids is 1. The van der Waals surface area contributed by atoms with Gasteiger partial charge in [-0.2, -0.15) is 0 Å². The molecule has 0 saturated heterocycles. The van der Waals surface area contributed by atoms with E-state index in [9.17, 15) is 9.90 Å². The molecule has 4 nitrogen and oxygen atoms in total. The first-order valence-corrected chi connectivity index (χ1v) is 6.73. The fraction of sp³-hybridized carbons (Fsp3) is 0.267. The molecule has 2 atom stereocenters. The molecule has 0 spiro atoms. The number of halogens is 1. The van der Waals surface area contributed by atoms with E-state index in [0.29, 0.717) is 6.42 Å². The summed E-state index contributed by atoms with van der Waals surface area (Å²) in [7, 11) is 0. The average molecular weight is 294 g/mol. The minimum absolute atomic E-state index is 0.163. The van der Waals surface area contributed by atoms with Gasteiger partial charge in [0.2, 0.25) is 0 Å². The summed E-state index contributed by atoms with van der Waals surface area (Å²) >= 11 is 5.62. The largest absolute Gasteiger partial charge is 0.440 e. The minimum Gasteiger partial charge on any atom is -0.440 e. The summed E-state index contributed by atoms with van der Waals surface area (Å²) in [4.78, 5) is 11.8. The predicted octanol–water partition coefficient (Wildman–Crippen LogP) is 3.18. The van der Waals surface area contributed by atoms with Crippen LogP contribution in [-0.4, -0.2) is 17.1 Å². The second kappa shape index (κ2) is 6.59. The Kier molecular flexibility index (Phi) is 4.82. The Morgan fingerprint density at radius 3 is 2.60 bits per heavy atom. The third kappa shape index (κ3) is 3.85. The molecule has 1 aromatic heterocycles. The molecule has 2 rings (SSSR count). The molecule has 1 amide bonds. The van der Waals surface area contributed by atoms with Crippen molar-refractivity contribution < 1.29 is 14.3 Å². The quantitative estimate of drug-likeness (QED) is 0.890. The van der Waals surface area contributed by atoms with Gasteiger partial charge in [-0.25, -0.2) is 0 Å². The van der Waals surface area contributed by atoms with Crippen LogP contribution in [0.1, 0.15) is 35.6 Å². The lowest BCUT2D eigenvalue weighted by molar-refractivity contribution is 0.0889. The van der Waals surface area contributed by atoms with E-state index in [1.165, 1.54) is 12.1 Å². The molecule has 0 aliphatic carbocycles. The average Bonchev–Trinajstić information content (AvgIpc) is 2.86. The van der Waals surface area contributed by atoms with Gasteiger partial charge in [-0.1, -0.05) is 30.3 Å². The van der Waals surface area contributed by atoms with Crippen molar-refractivity contribution in [2.45, 2.75) is 25.5 Å². The Morgan fingerprint density at radius 2 is 2.00 bits per heavy atom. The number of rotatable bonds is 5. The molecule has 0 bridgehead atoms. The topological polar surface area (TPSA) is 62.5 Å². The normalized spacial score (nSPS) is 13.8. The van der Waals surface area contributed by atoms with Crippen molar-refractivity contribution in [3.05, 3.63) is 59.0 Å². The molecule has 1 heterocycles. The number of hydrogen-bond acceptors (Lipinski definition) is 3. The third-order valence-corrected chi connectivity index (χ3v) is 3.14. The van der Waals surface area contributed by atoms with E-state index in [1.807, 2.05) is 37.3 Å². The Bertz CT molecular complexity index is 568. The molecule has 0 saturated carbocycles. The molecule has 20 heavy (non-hydrogen) atoms. The molecule has 0 aliphatic heterocycles. The summed E-state index contributed by atoms with van der Waals surface area (Å²) in [6.45, 7) is 1.83. The maximum Gasteiger partial charge on any atom is 0.287 e. The highest BCUT2D eigenvalue weighted by Gasteiger charge is 2.17. The van der Waals surface area contributed by atoms with Crippen molar-refractivity contribution in [1.82, 2.24) is 5.32 Å². The lowest BCUT2D eigenvalue weighted by Gasteiger charge is -2.17. The second-order valence-corrected chi connectivity index (χ2v) is 5.01. The highest BCUT2D eigenvalue weighted by atomic mass is 35.5. The van der Waals surface area contributed by atoms with Gasteiger partial charge in [0.25, 0.3) is 5.91 Å². The number of furan rings is 1. The standard InChI is InChI=1S/C15H16ClNO3/c1-10(9-12(18)11-5-3-2-4-6-11)17-15(19)13-7-8-14(16)20-13/h2-8,10,12,18H,9H2,1H3,(H,17,19). The monoisotopic (exact) mass is 293 g/mol. The van der Waals surface area contributed by atoms with Crippen LogP contribution in [0.5, 0.6) is 0 Å². The van der Waals surface area contributed by atoms with Crippen molar-refractivity contribution in [3.63, 3.8) is 0 Å². The molecule has 0 fully saturated rings. The Labute approximate surface area is 122 Å². The van der Waals surface area contributed by atoms with Crippen molar-refractivity contribution in [2.24, 2.45) is 0 Å². The van der Waals surface area contributed by atoms with E-state index in [2.05, 4.69) is 5.32 Å². The minimum atomic E-state index is -0.619. The van der Waals surface area contributed by atoms with Crippen LogP contribution >= 0.6 is 11.6 Å². The SMILES string of the molecule is CC(CC(O)c1ccccc1)NC(=O)c1ccc(Cl)o1. The highest BCUT2D eigenvalue weighted by molar-refractivity contribution is 6.29. The van der Waals surface area contributed by atoms with Gasteiger partial charge in [0.1, 0.15) is 0 Å². The van der Waals surface area contributed by atoms with E-state index >= 15 is 0 Å². The molecular formula is C15H16ClNO3. The van der Waals surface area contributed by atoms with Crippen LogP contribution in [0.3, 0.4) is 0 Å². The van der Waals surface area contributed by atoms with Crippen molar-refractivity contribution >= 4 is 17.5 Å². The Hall–Kier alpha value is -1.78. The second-order valence-electron chi connectivity index (χ2n) is 4.64.